The molecule has 0 unspecified atom stereocenters. The Morgan fingerprint density at radius 1 is 1.50 bits per heavy atom. The molecule has 0 fully saturated rings. The van der Waals surface area contributed by atoms with E-state index < -0.39 is 16.4 Å². The molecule has 1 heterocycles. The van der Waals surface area contributed by atoms with Gasteiger partial charge in [0, 0.05) is 12.1 Å². The van der Waals surface area contributed by atoms with E-state index in [1.165, 1.54) is 13.2 Å². The number of ether oxygens (including phenoxy) is 1. The molecule has 1 N–H and O–H groups in total. The second-order valence-electron chi connectivity index (χ2n) is 4.05. The first kappa shape index (κ1) is 13.8. The van der Waals surface area contributed by atoms with Crippen molar-refractivity contribution in [3.05, 3.63) is 45.6 Å². The maximum atomic E-state index is 13.8. The molecule has 0 aliphatic heterocycles. The van der Waals surface area contributed by atoms with E-state index in [4.69, 9.17) is 9.26 Å². The molecule has 2 rings (SSSR count). The number of benzene rings is 1. The number of hydrogen-bond donors (Lipinski definition) is 1. The van der Waals surface area contributed by atoms with Crippen LogP contribution in [0.25, 0.3) is 0 Å². The second kappa shape index (κ2) is 5.55. The molecule has 0 spiro atoms. The van der Waals surface area contributed by atoms with Crippen molar-refractivity contribution in [2.75, 3.05) is 12.4 Å². The van der Waals surface area contributed by atoms with E-state index in [2.05, 4.69) is 10.5 Å². The molecule has 8 heteroatoms. The molecular formula is C12H12FN3O4. The molecule has 106 valence electrons. The lowest BCUT2D eigenvalue weighted by Gasteiger charge is -2.08. The van der Waals surface area contributed by atoms with Crippen molar-refractivity contribution in [2.45, 2.75) is 13.5 Å². The van der Waals surface area contributed by atoms with Crippen molar-refractivity contribution in [1.29, 1.82) is 0 Å². The summed E-state index contributed by atoms with van der Waals surface area (Å²) in [6.45, 7) is 1.97. The fourth-order valence-corrected chi connectivity index (χ4v) is 1.67. The molecule has 0 aliphatic rings. The fourth-order valence-electron chi connectivity index (χ4n) is 1.67. The molecule has 2 aromatic rings. The average molecular weight is 281 g/mol. The van der Waals surface area contributed by atoms with Crippen LogP contribution < -0.4 is 10.1 Å². The minimum absolute atomic E-state index is 0.0207. The highest BCUT2D eigenvalue weighted by Crippen LogP contribution is 2.32. The molecule has 1 aromatic heterocycles. The van der Waals surface area contributed by atoms with Crippen LogP contribution in [0, 0.1) is 22.9 Å². The van der Waals surface area contributed by atoms with Crippen LogP contribution in [0.4, 0.5) is 15.8 Å². The van der Waals surface area contributed by atoms with Crippen LogP contribution >= 0.6 is 0 Å². The summed E-state index contributed by atoms with van der Waals surface area (Å²) in [7, 11) is 1.28. The highest BCUT2D eigenvalue weighted by Gasteiger charge is 2.19. The molecule has 20 heavy (non-hydrogen) atoms. The van der Waals surface area contributed by atoms with Crippen LogP contribution in [0.3, 0.4) is 0 Å². The van der Waals surface area contributed by atoms with E-state index in [0.717, 1.165) is 6.07 Å². The third kappa shape index (κ3) is 2.85. The zero-order chi connectivity index (χ0) is 14.7. The van der Waals surface area contributed by atoms with Crippen molar-refractivity contribution >= 4 is 11.4 Å². The Kier molecular flexibility index (Phi) is 3.83. The van der Waals surface area contributed by atoms with Crippen LogP contribution in [-0.2, 0) is 6.54 Å². The summed E-state index contributed by atoms with van der Waals surface area (Å²) in [6, 6.07) is 3.75. The Morgan fingerprint density at radius 3 is 2.80 bits per heavy atom. The zero-order valence-corrected chi connectivity index (χ0v) is 10.8. The Bertz CT molecular complexity index is 642. The maximum absolute atomic E-state index is 13.8. The van der Waals surface area contributed by atoms with Gasteiger partial charge in [-0.1, -0.05) is 5.16 Å². The lowest BCUT2D eigenvalue weighted by molar-refractivity contribution is -0.385. The number of nitro benzene ring substituents is 1. The number of nitro groups is 1. The van der Waals surface area contributed by atoms with Gasteiger partial charge in [-0.2, -0.15) is 0 Å². The van der Waals surface area contributed by atoms with Gasteiger partial charge < -0.3 is 14.6 Å². The Morgan fingerprint density at radius 2 is 2.25 bits per heavy atom. The summed E-state index contributed by atoms with van der Waals surface area (Å²) < 4.78 is 23.6. The van der Waals surface area contributed by atoms with Gasteiger partial charge in [0.05, 0.1) is 36.0 Å². The molecule has 0 amide bonds. The van der Waals surface area contributed by atoms with Crippen molar-refractivity contribution in [2.24, 2.45) is 0 Å². The van der Waals surface area contributed by atoms with Crippen molar-refractivity contribution in [3.63, 3.8) is 0 Å². The van der Waals surface area contributed by atoms with Gasteiger partial charge in [0.2, 0.25) is 0 Å². The van der Waals surface area contributed by atoms with Crippen LogP contribution in [0.2, 0.25) is 0 Å². The number of nitrogens with one attached hydrogen (secondary N) is 1. The zero-order valence-electron chi connectivity index (χ0n) is 10.8. The minimum atomic E-state index is -0.742. The van der Waals surface area contributed by atoms with Gasteiger partial charge in [-0.15, -0.1) is 0 Å². The maximum Gasteiger partial charge on any atom is 0.313 e. The monoisotopic (exact) mass is 281 g/mol. The predicted molar refractivity (Wildman–Crippen MR) is 68.2 cm³/mol. The first-order chi connectivity index (χ1) is 9.51. The van der Waals surface area contributed by atoms with Crippen LogP contribution in [0.1, 0.15) is 11.5 Å². The molecule has 0 radical (unpaired) electrons. The normalized spacial score (nSPS) is 10.3. The van der Waals surface area contributed by atoms with Crippen LogP contribution in [0.15, 0.2) is 22.7 Å². The number of methoxy groups -OCH3 is 1. The van der Waals surface area contributed by atoms with Gasteiger partial charge in [-0.05, 0) is 6.92 Å². The minimum Gasteiger partial charge on any atom is -0.490 e. The molecular weight excluding hydrogens is 269 g/mol. The molecule has 7 nitrogen and oxygen atoms in total. The summed E-state index contributed by atoms with van der Waals surface area (Å²) in [5, 5.41) is 17.2. The highest BCUT2D eigenvalue weighted by atomic mass is 19.1. The summed E-state index contributed by atoms with van der Waals surface area (Å²) in [4.78, 5) is 10.0. The van der Waals surface area contributed by atoms with Gasteiger partial charge in [0.15, 0.2) is 17.3 Å². The van der Waals surface area contributed by atoms with Gasteiger partial charge in [-0.3, -0.25) is 10.1 Å². The van der Waals surface area contributed by atoms with Crippen molar-refractivity contribution < 1.29 is 18.6 Å². The topological polar surface area (TPSA) is 90.4 Å². The van der Waals surface area contributed by atoms with E-state index in [9.17, 15) is 14.5 Å². The number of halogens is 1. The molecule has 0 saturated heterocycles. The van der Waals surface area contributed by atoms with Gasteiger partial charge in [0.1, 0.15) is 0 Å². The highest BCUT2D eigenvalue weighted by molar-refractivity contribution is 5.59. The Hall–Kier alpha value is -2.64. The van der Waals surface area contributed by atoms with Gasteiger partial charge in [-0.25, -0.2) is 4.39 Å². The number of aryl methyl sites for hydroxylation is 1. The Labute approximate surface area is 113 Å². The smallest absolute Gasteiger partial charge is 0.313 e. The largest absolute Gasteiger partial charge is 0.490 e. The predicted octanol–water partition coefficient (Wildman–Crippen LogP) is 2.65. The van der Waals surface area contributed by atoms with Crippen LogP contribution in [-0.4, -0.2) is 17.2 Å². The lowest BCUT2D eigenvalue weighted by atomic mass is 10.2. The van der Waals surface area contributed by atoms with Crippen molar-refractivity contribution in [3.8, 4) is 5.75 Å². The first-order valence-electron chi connectivity index (χ1n) is 5.69. The SMILES string of the molecule is COc1cc(NCc2cc(C)no2)c(F)cc1[N+](=O)[O-]. The summed E-state index contributed by atoms with van der Waals surface area (Å²) >= 11 is 0. The number of hydrogen-bond acceptors (Lipinski definition) is 6. The van der Waals surface area contributed by atoms with E-state index in [-0.39, 0.29) is 18.0 Å². The first-order valence-corrected chi connectivity index (χ1v) is 5.69. The molecule has 0 saturated carbocycles. The third-order valence-electron chi connectivity index (χ3n) is 2.60. The van der Waals surface area contributed by atoms with Crippen molar-refractivity contribution in [1.82, 2.24) is 5.16 Å². The number of anilines is 1. The fraction of sp³-hybridized carbons (Fsp3) is 0.250. The third-order valence-corrected chi connectivity index (χ3v) is 2.60. The Balaban J connectivity index is 2.21. The molecule has 0 aliphatic carbocycles. The standard InChI is InChI=1S/C12H12FN3O4/c1-7-3-8(20-15-7)6-14-10-5-12(19-2)11(16(17)18)4-9(10)13/h3-5,14H,6H2,1-2H3. The number of aromatic nitrogens is 1. The van der Waals surface area contributed by atoms with Crippen LogP contribution in [0.5, 0.6) is 5.75 Å². The van der Waals surface area contributed by atoms with Gasteiger partial charge in [0.25, 0.3) is 0 Å². The molecule has 0 bridgehead atoms. The average Bonchev–Trinajstić information content (AvgIpc) is 2.82. The van der Waals surface area contributed by atoms with E-state index in [0.29, 0.717) is 11.5 Å². The second-order valence-corrected chi connectivity index (χ2v) is 4.05. The van der Waals surface area contributed by atoms with E-state index in [1.807, 2.05) is 0 Å². The summed E-state index contributed by atoms with van der Waals surface area (Å²) in [5.74, 6) is -0.236. The molecule has 1 aromatic carbocycles. The quantitative estimate of drug-likeness (QED) is 0.669. The summed E-state index contributed by atoms with van der Waals surface area (Å²) in [6.07, 6.45) is 0. The van der Waals surface area contributed by atoms with E-state index in [1.54, 1.807) is 13.0 Å². The van der Waals surface area contributed by atoms with Gasteiger partial charge >= 0.3 is 5.69 Å². The lowest BCUT2D eigenvalue weighted by Crippen LogP contribution is -2.03. The molecule has 0 atom stereocenters. The number of rotatable bonds is 5. The summed E-state index contributed by atoms with van der Waals surface area (Å²) in [5.41, 5.74) is 0.371. The number of nitrogens with zero attached hydrogens (tertiary/aromatic N) is 2. The van der Waals surface area contributed by atoms with E-state index >= 15 is 0 Å².